The van der Waals surface area contributed by atoms with Crippen LogP contribution in [0.2, 0.25) is 0 Å². The Morgan fingerprint density at radius 2 is 2.31 bits per heavy atom. The van der Waals surface area contributed by atoms with E-state index in [2.05, 4.69) is 24.1 Å². The van der Waals surface area contributed by atoms with Crippen LogP contribution >= 0.6 is 11.8 Å². The number of nitrogens with zero attached hydrogens (tertiary/aromatic N) is 1. The summed E-state index contributed by atoms with van der Waals surface area (Å²) in [5, 5.41) is 3.45. The van der Waals surface area contributed by atoms with Gasteiger partial charge in [-0.3, -0.25) is 4.90 Å². The third-order valence-corrected chi connectivity index (χ3v) is 3.54. The molecule has 0 aromatic heterocycles. The van der Waals surface area contributed by atoms with Gasteiger partial charge in [-0.1, -0.05) is 6.92 Å². The Bertz CT molecular complexity index is 130. The van der Waals surface area contributed by atoms with Gasteiger partial charge < -0.3 is 5.32 Å². The molecule has 0 aliphatic carbocycles. The lowest BCUT2D eigenvalue weighted by molar-refractivity contribution is 0.234. The zero-order valence-corrected chi connectivity index (χ0v) is 9.70. The molecule has 78 valence electrons. The molecule has 1 fully saturated rings. The molecular formula is C10H22N2S. The van der Waals surface area contributed by atoms with Gasteiger partial charge in [0.1, 0.15) is 0 Å². The summed E-state index contributed by atoms with van der Waals surface area (Å²) in [6, 6.07) is 0.771. The topological polar surface area (TPSA) is 15.3 Å². The van der Waals surface area contributed by atoms with E-state index in [0.29, 0.717) is 0 Å². The zero-order chi connectivity index (χ0) is 9.52. The first kappa shape index (κ1) is 11.3. The van der Waals surface area contributed by atoms with Crippen LogP contribution < -0.4 is 5.32 Å². The lowest BCUT2D eigenvalue weighted by Crippen LogP contribution is -2.36. The van der Waals surface area contributed by atoms with Crippen LogP contribution in [0.25, 0.3) is 0 Å². The number of hydrogen-bond acceptors (Lipinski definition) is 3. The monoisotopic (exact) mass is 202 g/mol. The molecule has 1 heterocycles. The van der Waals surface area contributed by atoms with E-state index in [1.54, 1.807) is 0 Å². The van der Waals surface area contributed by atoms with Gasteiger partial charge in [0, 0.05) is 31.4 Å². The van der Waals surface area contributed by atoms with Crippen molar-refractivity contribution in [3.8, 4) is 0 Å². The Labute approximate surface area is 86.5 Å². The fraction of sp³-hybridized carbons (Fsp3) is 1.00. The molecule has 0 spiro atoms. The summed E-state index contributed by atoms with van der Waals surface area (Å²) in [5.74, 6) is 2.54. The molecule has 1 N–H and O–H groups in total. The quantitative estimate of drug-likeness (QED) is 0.694. The predicted octanol–water partition coefficient (Wildman–Crippen LogP) is 1.42. The highest BCUT2D eigenvalue weighted by Crippen LogP contribution is 2.07. The number of rotatable bonds is 4. The van der Waals surface area contributed by atoms with Gasteiger partial charge in [0.15, 0.2) is 0 Å². The van der Waals surface area contributed by atoms with Gasteiger partial charge in [0.2, 0.25) is 0 Å². The lowest BCUT2D eigenvalue weighted by Gasteiger charge is -2.26. The standard InChI is InChI=1S/C10H22N2S/c1-3-13-9-8-12-7-6-11-5-4-10(12)2/h10-11H,3-9H2,1-2H3. The third-order valence-electron chi connectivity index (χ3n) is 2.66. The maximum Gasteiger partial charge on any atom is 0.0110 e. The van der Waals surface area contributed by atoms with Crippen LogP contribution in [-0.4, -0.2) is 48.6 Å². The van der Waals surface area contributed by atoms with Crippen molar-refractivity contribution in [2.45, 2.75) is 26.3 Å². The molecule has 1 aliphatic heterocycles. The minimum atomic E-state index is 0.771. The van der Waals surface area contributed by atoms with Crippen molar-refractivity contribution in [2.24, 2.45) is 0 Å². The van der Waals surface area contributed by atoms with Gasteiger partial charge in [-0.2, -0.15) is 11.8 Å². The summed E-state index contributed by atoms with van der Waals surface area (Å²) in [6.07, 6.45) is 1.30. The van der Waals surface area contributed by atoms with E-state index in [0.717, 1.165) is 6.04 Å². The SMILES string of the molecule is CCSCCN1CCNCCC1C. The van der Waals surface area contributed by atoms with Crippen molar-refractivity contribution in [3.05, 3.63) is 0 Å². The molecule has 1 rings (SSSR count). The molecule has 13 heavy (non-hydrogen) atoms. The molecule has 0 aromatic carbocycles. The first-order valence-corrected chi connectivity index (χ1v) is 6.52. The number of hydrogen-bond donors (Lipinski definition) is 1. The van der Waals surface area contributed by atoms with Crippen LogP contribution in [0, 0.1) is 0 Å². The van der Waals surface area contributed by atoms with Crippen LogP contribution in [0.5, 0.6) is 0 Å². The van der Waals surface area contributed by atoms with Crippen LogP contribution in [0.4, 0.5) is 0 Å². The summed E-state index contributed by atoms with van der Waals surface area (Å²) >= 11 is 2.05. The summed E-state index contributed by atoms with van der Waals surface area (Å²) in [7, 11) is 0. The van der Waals surface area contributed by atoms with E-state index in [-0.39, 0.29) is 0 Å². The molecule has 1 saturated heterocycles. The predicted molar refractivity (Wildman–Crippen MR) is 61.5 cm³/mol. The van der Waals surface area contributed by atoms with Gasteiger partial charge in [-0.15, -0.1) is 0 Å². The van der Waals surface area contributed by atoms with E-state index in [4.69, 9.17) is 0 Å². The van der Waals surface area contributed by atoms with Crippen molar-refractivity contribution in [1.82, 2.24) is 10.2 Å². The third kappa shape index (κ3) is 4.34. The molecule has 0 radical (unpaired) electrons. The number of nitrogens with one attached hydrogen (secondary N) is 1. The Balaban J connectivity index is 2.19. The zero-order valence-electron chi connectivity index (χ0n) is 8.88. The van der Waals surface area contributed by atoms with Crippen LogP contribution in [0.1, 0.15) is 20.3 Å². The maximum absolute atomic E-state index is 3.45. The van der Waals surface area contributed by atoms with E-state index >= 15 is 0 Å². The largest absolute Gasteiger partial charge is 0.315 e. The Morgan fingerprint density at radius 1 is 1.46 bits per heavy atom. The van der Waals surface area contributed by atoms with Crippen molar-refractivity contribution in [2.75, 3.05) is 37.7 Å². The molecule has 1 aliphatic rings. The molecule has 0 bridgehead atoms. The Morgan fingerprint density at radius 3 is 3.08 bits per heavy atom. The minimum Gasteiger partial charge on any atom is -0.315 e. The molecule has 0 saturated carbocycles. The highest BCUT2D eigenvalue weighted by Gasteiger charge is 2.15. The van der Waals surface area contributed by atoms with E-state index in [1.807, 2.05) is 11.8 Å². The average molecular weight is 202 g/mol. The first-order chi connectivity index (χ1) is 6.34. The summed E-state index contributed by atoms with van der Waals surface area (Å²) in [4.78, 5) is 2.61. The number of thioether (sulfide) groups is 1. The molecule has 1 unspecified atom stereocenters. The minimum absolute atomic E-state index is 0.771. The Kier molecular flexibility index (Phi) is 5.83. The maximum atomic E-state index is 3.45. The molecule has 2 nitrogen and oxygen atoms in total. The van der Waals surface area contributed by atoms with E-state index < -0.39 is 0 Å². The lowest BCUT2D eigenvalue weighted by atomic mass is 10.2. The molecule has 1 atom stereocenters. The normalized spacial score (nSPS) is 25.8. The fourth-order valence-electron chi connectivity index (χ4n) is 1.72. The second-order valence-corrected chi connectivity index (χ2v) is 5.01. The van der Waals surface area contributed by atoms with E-state index in [1.165, 1.54) is 44.1 Å². The smallest absolute Gasteiger partial charge is 0.0110 e. The van der Waals surface area contributed by atoms with E-state index in [9.17, 15) is 0 Å². The summed E-state index contributed by atoms with van der Waals surface area (Å²) in [5.41, 5.74) is 0. The van der Waals surface area contributed by atoms with Crippen molar-refractivity contribution < 1.29 is 0 Å². The van der Waals surface area contributed by atoms with Crippen LogP contribution in [0.3, 0.4) is 0 Å². The van der Waals surface area contributed by atoms with Crippen molar-refractivity contribution in [3.63, 3.8) is 0 Å². The van der Waals surface area contributed by atoms with Gasteiger partial charge in [-0.25, -0.2) is 0 Å². The van der Waals surface area contributed by atoms with Crippen LogP contribution in [-0.2, 0) is 0 Å². The van der Waals surface area contributed by atoms with Gasteiger partial charge in [0.05, 0.1) is 0 Å². The highest BCUT2D eigenvalue weighted by molar-refractivity contribution is 7.99. The molecular weight excluding hydrogens is 180 g/mol. The van der Waals surface area contributed by atoms with Crippen molar-refractivity contribution >= 4 is 11.8 Å². The molecule has 3 heteroatoms. The van der Waals surface area contributed by atoms with Gasteiger partial charge in [0.25, 0.3) is 0 Å². The fourth-order valence-corrected chi connectivity index (χ4v) is 2.37. The molecule has 0 aromatic rings. The van der Waals surface area contributed by atoms with Gasteiger partial charge >= 0.3 is 0 Å². The summed E-state index contributed by atoms with van der Waals surface area (Å²) < 4.78 is 0. The molecule has 0 amide bonds. The van der Waals surface area contributed by atoms with Crippen LogP contribution in [0.15, 0.2) is 0 Å². The second-order valence-electron chi connectivity index (χ2n) is 3.62. The van der Waals surface area contributed by atoms with Crippen molar-refractivity contribution in [1.29, 1.82) is 0 Å². The average Bonchev–Trinajstić information content (AvgIpc) is 2.32. The van der Waals surface area contributed by atoms with Gasteiger partial charge in [-0.05, 0) is 25.6 Å². The first-order valence-electron chi connectivity index (χ1n) is 5.37. The summed E-state index contributed by atoms with van der Waals surface area (Å²) in [6.45, 7) is 9.44. The second kappa shape index (κ2) is 6.68. The highest BCUT2D eigenvalue weighted by atomic mass is 32.2. The Hall–Kier alpha value is 0.270.